The van der Waals surface area contributed by atoms with Crippen LogP contribution >= 0.6 is 0 Å². The fourth-order valence-corrected chi connectivity index (χ4v) is 2.73. The van der Waals surface area contributed by atoms with Gasteiger partial charge in [0.15, 0.2) is 0 Å². The van der Waals surface area contributed by atoms with E-state index in [1.165, 1.54) is 0 Å². The molecule has 132 valence electrons. The second-order valence-corrected chi connectivity index (χ2v) is 6.97. The van der Waals surface area contributed by atoms with Crippen molar-refractivity contribution in [3.63, 3.8) is 0 Å². The van der Waals surface area contributed by atoms with Gasteiger partial charge in [0.25, 0.3) is 5.91 Å². The van der Waals surface area contributed by atoms with Crippen LogP contribution in [0.1, 0.15) is 49.0 Å². The standard InChI is InChI=1S/C19H28N2O3/c1-13(2)11-20-19(23)16-7-6-14(3)17(10-16)21-18(22)9-15-5-4-8-24-12-15/h6-7,10,13,15H,4-5,8-9,11-12H2,1-3H3,(H,20,23)(H,21,22). The van der Waals surface area contributed by atoms with Crippen molar-refractivity contribution in [3.05, 3.63) is 29.3 Å². The van der Waals surface area contributed by atoms with E-state index >= 15 is 0 Å². The molecule has 1 saturated heterocycles. The molecule has 2 N–H and O–H groups in total. The molecule has 2 rings (SSSR count). The zero-order valence-corrected chi connectivity index (χ0v) is 14.9. The molecule has 1 aliphatic rings. The van der Waals surface area contributed by atoms with Crippen LogP contribution in [-0.4, -0.2) is 31.6 Å². The van der Waals surface area contributed by atoms with E-state index in [9.17, 15) is 9.59 Å². The number of carbonyl (C=O) groups excluding carboxylic acids is 2. The summed E-state index contributed by atoms with van der Waals surface area (Å²) in [6, 6.07) is 5.40. The molecule has 2 amide bonds. The number of ether oxygens (including phenoxy) is 1. The van der Waals surface area contributed by atoms with Gasteiger partial charge in [0.2, 0.25) is 5.91 Å². The Morgan fingerprint density at radius 3 is 2.79 bits per heavy atom. The number of amides is 2. The maximum absolute atomic E-state index is 12.3. The third-order valence-corrected chi connectivity index (χ3v) is 4.17. The van der Waals surface area contributed by atoms with Crippen LogP contribution in [0.2, 0.25) is 0 Å². The molecule has 1 heterocycles. The summed E-state index contributed by atoms with van der Waals surface area (Å²) in [5, 5.41) is 5.84. The first kappa shape index (κ1) is 18.5. The van der Waals surface area contributed by atoms with E-state index < -0.39 is 0 Å². The van der Waals surface area contributed by atoms with Crippen LogP contribution in [0.15, 0.2) is 18.2 Å². The fourth-order valence-electron chi connectivity index (χ4n) is 2.73. The van der Waals surface area contributed by atoms with Crippen molar-refractivity contribution in [2.75, 3.05) is 25.1 Å². The van der Waals surface area contributed by atoms with Crippen molar-refractivity contribution >= 4 is 17.5 Å². The highest BCUT2D eigenvalue weighted by atomic mass is 16.5. The van der Waals surface area contributed by atoms with E-state index in [4.69, 9.17) is 4.74 Å². The zero-order valence-electron chi connectivity index (χ0n) is 14.9. The molecule has 0 aromatic heterocycles. The third kappa shape index (κ3) is 5.64. The number of hydrogen-bond donors (Lipinski definition) is 2. The topological polar surface area (TPSA) is 67.4 Å². The lowest BCUT2D eigenvalue weighted by molar-refractivity contribution is -0.118. The lowest BCUT2D eigenvalue weighted by Crippen LogP contribution is -2.27. The lowest BCUT2D eigenvalue weighted by atomic mass is 9.98. The van der Waals surface area contributed by atoms with Gasteiger partial charge in [-0.15, -0.1) is 0 Å². The highest BCUT2D eigenvalue weighted by Crippen LogP contribution is 2.21. The van der Waals surface area contributed by atoms with Gasteiger partial charge in [-0.2, -0.15) is 0 Å². The molecule has 1 aromatic rings. The number of anilines is 1. The molecule has 1 atom stereocenters. The van der Waals surface area contributed by atoms with Crippen LogP contribution in [0, 0.1) is 18.8 Å². The van der Waals surface area contributed by atoms with Gasteiger partial charge in [-0.3, -0.25) is 9.59 Å². The Bertz CT molecular complexity index is 578. The van der Waals surface area contributed by atoms with E-state index in [2.05, 4.69) is 24.5 Å². The second-order valence-electron chi connectivity index (χ2n) is 6.97. The Balaban J connectivity index is 1.97. The minimum absolute atomic E-state index is 0.0201. The van der Waals surface area contributed by atoms with Gasteiger partial charge in [0.1, 0.15) is 0 Å². The number of aryl methyl sites for hydroxylation is 1. The van der Waals surface area contributed by atoms with E-state index in [1.54, 1.807) is 12.1 Å². The van der Waals surface area contributed by atoms with Crippen LogP contribution in [0.5, 0.6) is 0 Å². The molecule has 5 heteroatoms. The fraction of sp³-hybridized carbons (Fsp3) is 0.579. The maximum Gasteiger partial charge on any atom is 0.251 e. The number of benzene rings is 1. The van der Waals surface area contributed by atoms with Gasteiger partial charge in [0, 0.05) is 37.4 Å². The molecule has 1 unspecified atom stereocenters. The summed E-state index contributed by atoms with van der Waals surface area (Å²) >= 11 is 0. The summed E-state index contributed by atoms with van der Waals surface area (Å²) in [5.41, 5.74) is 2.22. The van der Waals surface area contributed by atoms with Gasteiger partial charge >= 0.3 is 0 Å². The summed E-state index contributed by atoms with van der Waals surface area (Å²) in [5.74, 6) is 0.557. The minimum Gasteiger partial charge on any atom is -0.381 e. The molecule has 0 spiro atoms. The van der Waals surface area contributed by atoms with Crippen LogP contribution in [0.4, 0.5) is 5.69 Å². The zero-order chi connectivity index (χ0) is 17.5. The molecular weight excluding hydrogens is 304 g/mol. The highest BCUT2D eigenvalue weighted by molar-refractivity contribution is 5.97. The van der Waals surface area contributed by atoms with E-state index in [-0.39, 0.29) is 17.7 Å². The predicted molar refractivity (Wildman–Crippen MR) is 95.1 cm³/mol. The average molecular weight is 332 g/mol. The summed E-state index contributed by atoms with van der Waals surface area (Å²) in [4.78, 5) is 24.4. The molecule has 1 aromatic carbocycles. The molecule has 1 fully saturated rings. The molecule has 24 heavy (non-hydrogen) atoms. The Labute approximate surface area is 144 Å². The molecule has 0 aliphatic carbocycles. The normalized spacial score (nSPS) is 17.6. The number of carbonyl (C=O) groups is 2. The van der Waals surface area contributed by atoms with Gasteiger partial charge in [-0.25, -0.2) is 0 Å². The largest absolute Gasteiger partial charge is 0.381 e. The quantitative estimate of drug-likeness (QED) is 0.841. The van der Waals surface area contributed by atoms with Crippen LogP contribution < -0.4 is 10.6 Å². The first-order chi connectivity index (χ1) is 11.5. The summed E-state index contributed by atoms with van der Waals surface area (Å²) in [7, 11) is 0. The average Bonchev–Trinajstić information content (AvgIpc) is 2.55. The van der Waals surface area contributed by atoms with Crippen molar-refractivity contribution in [2.45, 2.75) is 40.0 Å². The van der Waals surface area contributed by atoms with E-state index in [0.717, 1.165) is 25.0 Å². The molecule has 0 saturated carbocycles. The third-order valence-electron chi connectivity index (χ3n) is 4.17. The van der Waals surface area contributed by atoms with Crippen molar-refractivity contribution in [1.82, 2.24) is 5.32 Å². The van der Waals surface area contributed by atoms with Crippen molar-refractivity contribution < 1.29 is 14.3 Å². The number of rotatable bonds is 6. The number of nitrogens with one attached hydrogen (secondary N) is 2. The lowest BCUT2D eigenvalue weighted by Gasteiger charge is -2.21. The van der Waals surface area contributed by atoms with Gasteiger partial charge in [-0.1, -0.05) is 19.9 Å². The second kappa shape index (κ2) is 8.83. The van der Waals surface area contributed by atoms with Gasteiger partial charge < -0.3 is 15.4 Å². The van der Waals surface area contributed by atoms with Crippen molar-refractivity contribution in [3.8, 4) is 0 Å². The molecular formula is C19H28N2O3. The monoisotopic (exact) mass is 332 g/mol. The predicted octanol–water partition coefficient (Wildman–Crippen LogP) is 3.14. The first-order valence-electron chi connectivity index (χ1n) is 8.72. The maximum atomic E-state index is 12.3. The summed E-state index contributed by atoms with van der Waals surface area (Å²) in [6.07, 6.45) is 2.51. The number of hydrogen-bond acceptors (Lipinski definition) is 3. The highest BCUT2D eigenvalue weighted by Gasteiger charge is 2.18. The molecule has 1 aliphatic heterocycles. The SMILES string of the molecule is Cc1ccc(C(=O)NCC(C)C)cc1NC(=O)CC1CCCOC1. The van der Waals surface area contributed by atoms with Crippen molar-refractivity contribution in [2.24, 2.45) is 11.8 Å². The molecule has 5 nitrogen and oxygen atoms in total. The van der Waals surface area contributed by atoms with E-state index in [1.807, 2.05) is 13.0 Å². The Morgan fingerprint density at radius 2 is 2.12 bits per heavy atom. The molecule has 0 bridgehead atoms. The molecule has 0 radical (unpaired) electrons. The Kier molecular flexibility index (Phi) is 6.79. The van der Waals surface area contributed by atoms with E-state index in [0.29, 0.717) is 36.7 Å². The smallest absolute Gasteiger partial charge is 0.251 e. The van der Waals surface area contributed by atoms with Crippen molar-refractivity contribution in [1.29, 1.82) is 0 Å². The Morgan fingerprint density at radius 1 is 1.33 bits per heavy atom. The summed E-state index contributed by atoms with van der Waals surface area (Å²) in [6.45, 7) is 8.12. The minimum atomic E-state index is -0.111. The summed E-state index contributed by atoms with van der Waals surface area (Å²) < 4.78 is 5.42. The van der Waals surface area contributed by atoms with Crippen LogP contribution in [0.3, 0.4) is 0 Å². The van der Waals surface area contributed by atoms with Crippen LogP contribution in [-0.2, 0) is 9.53 Å². The van der Waals surface area contributed by atoms with Crippen LogP contribution in [0.25, 0.3) is 0 Å². The first-order valence-corrected chi connectivity index (χ1v) is 8.72. The van der Waals surface area contributed by atoms with Gasteiger partial charge in [-0.05, 0) is 49.3 Å². The Hall–Kier alpha value is -1.88. The van der Waals surface area contributed by atoms with Gasteiger partial charge in [0.05, 0.1) is 0 Å².